The zero-order valence-electron chi connectivity index (χ0n) is 11.7. The molecule has 0 radical (unpaired) electrons. The fraction of sp³-hybridized carbons (Fsp3) is 0.438. The molecule has 0 spiro atoms. The maximum absolute atomic E-state index is 9.40. The van der Waals surface area contributed by atoms with Crippen LogP contribution in [0.3, 0.4) is 0 Å². The first-order chi connectivity index (χ1) is 9.81. The number of hydrogen-bond acceptors (Lipinski definition) is 4. The Morgan fingerprint density at radius 3 is 2.75 bits per heavy atom. The molecule has 0 amide bonds. The number of aromatic nitrogens is 1. The molecule has 0 aliphatic carbocycles. The summed E-state index contributed by atoms with van der Waals surface area (Å²) in [7, 11) is 1.78. The Hall–Kier alpha value is -1.65. The second-order valence-corrected chi connectivity index (χ2v) is 5.23. The standard InChI is InChI=1S/C16H20N2O2/c1-20-13-6-8-18(9-7-13)16-10-12(11-19)17-15-5-3-2-4-14(15)16/h2-5,10,13,19H,6-9,11H2,1H3. The Balaban J connectivity index is 1.98. The summed E-state index contributed by atoms with van der Waals surface area (Å²) in [5.74, 6) is 0. The van der Waals surface area contributed by atoms with Crippen molar-refractivity contribution in [1.82, 2.24) is 4.98 Å². The quantitative estimate of drug-likeness (QED) is 0.931. The van der Waals surface area contributed by atoms with Crippen LogP contribution in [0.15, 0.2) is 30.3 Å². The third-order valence-electron chi connectivity index (χ3n) is 4.03. The van der Waals surface area contributed by atoms with Crippen LogP contribution in [0.25, 0.3) is 10.9 Å². The van der Waals surface area contributed by atoms with Gasteiger partial charge in [-0.2, -0.15) is 0 Å². The zero-order valence-corrected chi connectivity index (χ0v) is 11.7. The van der Waals surface area contributed by atoms with E-state index in [-0.39, 0.29) is 6.61 Å². The lowest BCUT2D eigenvalue weighted by molar-refractivity contribution is 0.0819. The van der Waals surface area contributed by atoms with E-state index in [1.165, 1.54) is 5.69 Å². The molecule has 1 saturated heterocycles. The number of fused-ring (bicyclic) bond motifs is 1. The van der Waals surface area contributed by atoms with Gasteiger partial charge in [-0.3, -0.25) is 4.98 Å². The molecule has 2 heterocycles. The smallest absolute Gasteiger partial charge is 0.0854 e. The molecule has 4 heteroatoms. The molecule has 0 unspecified atom stereocenters. The minimum Gasteiger partial charge on any atom is -0.390 e. The zero-order chi connectivity index (χ0) is 13.9. The van der Waals surface area contributed by atoms with Crippen LogP contribution in [-0.4, -0.2) is 36.4 Å². The first-order valence-electron chi connectivity index (χ1n) is 7.09. The summed E-state index contributed by atoms with van der Waals surface area (Å²) in [4.78, 5) is 6.85. The number of pyridine rings is 1. The van der Waals surface area contributed by atoms with E-state index in [9.17, 15) is 5.11 Å². The van der Waals surface area contributed by atoms with Gasteiger partial charge in [-0.15, -0.1) is 0 Å². The van der Waals surface area contributed by atoms with E-state index in [0.29, 0.717) is 6.10 Å². The van der Waals surface area contributed by atoms with Crippen LogP contribution in [0, 0.1) is 0 Å². The van der Waals surface area contributed by atoms with Crippen molar-refractivity contribution in [2.45, 2.75) is 25.6 Å². The summed E-state index contributed by atoms with van der Waals surface area (Å²) in [6.45, 7) is 1.95. The lowest BCUT2D eigenvalue weighted by Gasteiger charge is -2.33. The number of nitrogens with zero attached hydrogens (tertiary/aromatic N) is 2. The van der Waals surface area contributed by atoms with E-state index in [1.54, 1.807) is 7.11 Å². The Bertz CT molecular complexity index is 592. The Morgan fingerprint density at radius 1 is 1.30 bits per heavy atom. The molecule has 1 aliphatic rings. The first kappa shape index (κ1) is 13.3. The molecular formula is C16H20N2O2. The SMILES string of the molecule is COC1CCN(c2cc(CO)nc3ccccc23)CC1. The fourth-order valence-electron chi connectivity index (χ4n) is 2.89. The molecule has 106 valence electrons. The fourth-order valence-corrected chi connectivity index (χ4v) is 2.89. The average Bonchev–Trinajstić information content (AvgIpc) is 2.54. The van der Waals surface area contributed by atoms with Crippen molar-refractivity contribution in [1.29, 1.82) is 0 Å². The van der Waals surface area contributed by atoms with Gasteiger partial charge >= 0.3 is 0 Å². The highest BCUT2D eigenvalue weighted by Crippen LogP contribution is 2.29. The summed E-state index contributed by atoms with van der Waals surface area (Å²) in [5.41, 5.74) is 2.85. The Labute approximate surface area is 119 Å². The van der Waals surface area contributed by atoms with Crippen molar-refractivity contribution >= 4 is 16.6 Å². The van der Waals surface area contributed by atoms with Gasteiger partial charge in [0.25, 0.3) is 0 Å². The molecule has 0 atom stereocenters. The predicted octanol–water partition coefficient (Wildman–Crippen LogP) is 2.34. The number of para-hydroxylation sites is 1. The van der Waals surface area contributed by atoms with E-state index in [1.807, 2.05) is 24.3 Å². The first-order valence-corrected chi connectivity index (χ1v) is 7.09. The summed E-state index contributed by atoms with van der Waals surface area (Å²) in [6, 6.07) is 10.1. The molecule has 1 N–H and O–H groups in total. The van der Waals surface area contributed by atoms with E-state index < -0.39 is 0 Å². The van der Waals surface area contributed by atoms with Gasteiger partial charge in [0.05, 0.1) is 23.9 Å². The molecular weight excluding hydrogens is 252 g/mol. The van der Waals surface area contributed by atoms with Crippen molar-refractivity contribution in [3.05, 3.63) is 36.0 Å². The highest BCUT2D eigenvalue weighted by Gasteiger charge is 2.20. The molecule has 20 heavy (non-hydrogen) atoms. The summed E-state index contributed by atoms with van der Waals surface area (Å²) >= 11 is 0. The third kappa shape index (κ3) is 2.49. The van der Waals surface area contributed by atoms with E-state index in [0.717, 1.165) is 42.5 Å². The van der Waals surface area contributed by atoms with Gasteiger partial charge in [0.1, 0.15) is 0 Å². The maximum Gasteiger partial charge on any atom is 0.0854 e. The van der Waals surface area contributed by atoms with Crippen LogP contribution in [-0.2, 0) is 11.3 Å². The number of hydrogen-bond donors (Lipinski definition) is 1. The second kappa shape index (κ2) is 5.77. The molecule has 3 rings (SSSR count). The van der Waals surface area contributed by atoms with Gasteiger partial charge in [0, 0.05) is 31.3 Å². The minimum absolute atomic E-state index is 0.0215. The lowest BCUT2D eigenvalue weighted by Crippen LogP contribution is -2.36. The van der Waals surface area contributed by atoms with Crippen LogP contribution in [0.4, 0.5) is 5.69 Å². The molecule has 1 aliphatic heterocycles. The van der Waals surface area contributed by atoms with Gasteiger partial charge in [-0.05, 0) is 25.0 Å². The molecule has 0 bridgehead atoms. The van der Waals surface area contributed by atoms with Gasteiger partial charge in [-0.1, -0.05) is 18.2 Å². The van der Waals surface area contributed by atoms with E-state index in [4.69, 9.17) is 4.74 Å². The van der Waals surface area contributed by atoms with Gasteiger partial charge in [-0.25, -0.2) is 0 Å². The van der Waals surface area contributed by atoms with Crippen molar-refractivity contribution in [2.24, 2.45) is 0 Å². The average molecular weight is 272 g/mol. The molecule has 2 aromatic rings. The van der Waals surface area contributed by atoms with Crippen molar-refractivity contribution in [3.8, 4) is 0 Å². The van der Waals surface area contributed by atoms with Crippen molar-refractivity contribution in [3.63, 3.8) is 0 Å². The van der Waals surface area contributed by atoms with E-state index in [2.05, 4.69) is 16.0 Å². The second-order valence-electron chi connectivity index (χ2n) is 5.23. The Kier molecular flexibility index (Phi) is 3.85. The third-order valence-corrected chi connectivity index (χ3v) is 4.03. The minimum atomic E-state index is -0.0215. The highest BCUT2D eigenvalue weighted by atomic mass is 16.5. The molecule has 0 saturated carbocycles. The van der Waals surface area contributed by atoms with Crippen LogP contribution in [0.1, 0.15) is 18.5 Å². The van der Waals surface area contributed by atoms with Crippen LogP contribution >= 0.6 is 0 Å². The number of ether oxygens (including phenoxy) is 1. The number of methoxy groups -OCH3 is 1. The number of piperidine rings is 1. The molecule has 1 aromatic carbocycles. The largest absolute Gasteiger partial charge is 0.390 e. The summed E-state index contributed by atoms with van der Waals surface area (Å²) < 4.78 is 5.43. The molecule has 4 nitrogen and oxygen atoms in total. The normalized spacial score (nSPS) is 16.8. The predicted molar refractivity (Wildman–Crippen MR) is 79.9 cm³/mol. The number of rotatable bonds is 3. The summed E-state index contributed by atoms with van der Waals surface area (Å²) in [5, 5.41) is 10.6. The number of anilines is 1. The van der Waals surface area contributed by atoms with Crippen LogP contribution in [0.5, 0.6) is 0 Å². The van der Waals surface area contributed by atoms with Crippen LogP contribution < -0.4 is 4.90 Å². The van der Waals surface area contributed by atoms with Crippen molar-refractivity contribution < 1.29 is 9.84 Å². The highest BCUT2D eigenvalue weighted by molar-refractivity contribution is 5.92. The van der Waals surface area contributed by atoms with Gasteiger partial charge in [0.2, 0.25) is 0 Å². The maximum atomic E-state index is 9.40. The van der Waals surface area contributed by atoms with Crippen LogP contribution in [0.2, 0.25) is 0 Å². The molecule has 1 fully saturated rings. The topological polar surface area (TPSA) is 45.6 Å². The van der Waals surface area contributed by atoms with Gasteiger partial charge < -0.3 is 14.7 Å². The van der Waals surface area contributed by atoms with Gasteiger partial charge in [0.15, 0.2) is 0 Å². The molecule has 1 aromatic heterocycles. The van der Waals surface area contributed by atoms with Crippen molar-refractivity contribution in [2.75, 3.05) is 25.1 Å². The number of benzene rings is 1. The number of aliphatic hydroxyl groups excluding tert-OH is 1. The number of aliphatic hydroxyl groups is 1. The lowest BCUT2D eigenvalue weighted by atomic mass is 10.0. The Morgan fingerprint density at radius 2 is 2.05 bits per heavy atom. The monoisotopic (exact) mass is 272 g/mol. The summed E-state index contributed by atoms with van der Waals surface area (Å²) in [6.07, 6.45) is 2.46. The van der Waals surface area contributed by atoms with E-state index >= 15 is 0 Å².